The SMILES string of the molecule is COC(=O)C(NS(=O)(=O)Cc1ccccc1C#N)C(C)C. The van der Waals surface area contributed by atoms with Crippen LogP contribution in [0.2, 0.25) is 0 Å². The zero-order valence-electron chi connectivity index (χ0n) is 12.2. The molecule has 0 fully saturated rings. The number of benzene rings is 1. The summed E-state index contributed by atoms with van der Waals surface area (Å²) < 4.78 is 31.3. The van der Waals surface area contributed by atoms with E-state index in [0.29, 0.717) is 11.1 Å². The Morgan fingerprint density at radius 2 is 2.00 bits per heavy atom. The molecule has 0 aliphatic heterocycles. The van der Waals surface area contributed by atoms with Crippen molar-refractivity contribution in [2.45, 2.75) is 25.6 Å². The van der Waals surface area contributed by atoms with Crippen LogP contribution in [0.4, 0.5) is 0 Å². The Morgan fingerprint density at radius 1 is 1.38 bits per heavy atom. The molecule has 7 heteroatoms. The van der Waals surface area contributed by atoms with Gasteiger partial charge in [0, 0.05) is 0 Å². The lowest BCUT2D eigenvalue weighted by Crippen LogP contribution is -2.45. The Balaban J connectivity index is 2.96. The highest BCUT2D eigenvalue weighted by Gasteiger charge is 2.28. The Hall–Kier alpha value is -1.91. The number of hydrogen-bond donors (Lipinski definition) is 1. The van der Waals surface area contributed by atoms with Crippen molar-refractivity contribution in [3.05, 3.63) is 35.4 Å². The molecule has 0 saturated heterocycles. The van der Waals surface area contributed by atoms with E-state index in [1.54, 1.807) is 38.1 Å². The highest BCUT2D eigenvalue weighted by molar-refractivity contribution is 7.88. The fourth-order valence-corrected chi connectivity index (χ4v) is 3.28. The van der Waals surface area contributed by atoms with Crippen molar-refractivity contribution in [3.63, 3.8) is 0 Å². The molecule has 0 aliphatic rings. The number of nitrogens with one attached hydrogen (secondary N) is 1. The molecule has 1 atom stereocenters. The fourth-order valence-electron chi connectivity index (χ4n) is 1.78. The standard InChI is InChI=1S/C14H18N2O4S/c1-10(2)13(14(17)20-3)16-21(18,19)9-12-7-5-4-6-11(12)8-15/h4-7,10,13,16H,9H2,1-3H3. The summed E-state index contributed by atoms with van der Waals surface area (Å²) in [6.45, 7) is 3.43. The van der Waals surface area contributed by atoms with E-state index < -0.39 is 22.0 Å². The van der Waals surface area contributed by atoms with Gasteiger partial charge in [0.15, 0.2) is 0 Å². The van der Waals surface area contributed by atoms with E-state index in [1.165, 1.54) is 7.11 Å². The van der Waals surface area contributed by atoms with Gasteiger partial charge in [-0.1, -0.05) is 32.0 Å². The minimum Gasteiger partial charge on any atom is -0.468 e. The predicted octanol–water partition coefficient (Wildman–Crippen LogP) is 1.18. The van der Waals surface area contributed by atoms with Gasteiger partial charge in [0.1, 0.15) is 6.04 Å². The molecule has 114 valence electrons. The third-order valence-electron chi connectivity index (χ3n) is 2.91. The minimum absolute atomic E-state index is 0.251. The van der Waals surface area contributed by atoms with Gasteiger partial charge < -0.3 is 4.74 Å². The number of esters is 1. The first-order valence-electron chi connectivity index (χ1n) is 6.36. The van der Waals surface area contributed by atoms with Crippen molar-refractivity contribution in [1.29, 1.82) is 5.26 Å². The first kappa shape index (κ1) is 17.1. The van der Waals surface area contributed by atoms with Crippen LogP contribution in [0.5, 0.6) is 0 Å². The number of sulfonamides is 1. The largest absolute Gasteiger partial charge is 0.468 e. The van der Waals surface area contributed by atoms with E-state index in [0.717, 1.165) is 0 Å². The first-order chi connectivity index (χ1) is 9.80. The van der Waals surface area contributed by atoms with Crippen LogP contribution in [0.15, 0.2) is 24.3 Å². The van der Waals surface area contributed by atoms with Crippen LogP contribution in [-0.4, -0.2) is 27.5 Å². The number of carbonyl (C=O) groups is 1. The summed E-state index contributed by atoms with van der Waals surface area (Å²) in [5.41, 5.74) is 0.682. The maximum atomic E-state index is 12.2. The molecule has 1 aromatic carbocycles. The van der Waals surface area contributed by atoms with Gasteiger partial charge in [-0.15, -0.1) is 0 Å². The normalized spacial score (nSPS) is 12.7. The monoisotopic (exact) mass is 310 g/mol. The molecule has 0 aliphatic carbocycles. The fraction of sp³-hybridized carbons (Fsp3) is 0.429. The molecular weight excluding hydrogens is 292 g/mol. The lowest BCUT2D eigenvalue weighted by Gasteiger charge is -2.19. The van der Waals surface area contributed by atoms with Gasteiger partial charge in [0.05, 0.1) is 24.5 Å². The lowest BCUT2D eigenvalue weighted by atomic mass is 10.1. The Bertz CT molecular complexity index is 647. The van der Waals surface area contributed by atoms with Crippen molar-refractivity contribution in [3.8, 4) is 6.07 Å². The maximum absolute atomic E-state index is 12.2. The highest BCUT2D eigenvalue weighted by Crippen LogP contribution is 2.13. The molecule has 0 bridgehead atoms. The van der Waals surface area contributed by atoms with Gasteiger partial charge in [-0.2, -0.15) is 5.26 Å². The van der Waals surface area contributed by atoms with Gasteiger partial charge >= 0.3 is 5.97 Å². The second-order valence-electron chi connectivity index (χ2n) is 4.89. The van der Waals surface area contributed by atoms with Gasteiger partial charge in [-0.05, 0) is 17.5 Å². The second-order valence-corrected chi connectivity index (χ2v) is 6.64. The molecule has 0 spiro atoms. The summed E-state index contributed by atoms with van der Waals surface area (Å²) >= 11 is 0. The van der Waals surface area contributed by atoms with Crippen LogP contribution < -0.4 is 4.72 Å². The molecular formula is C14H18N2O4S. The molecule has 1 aromatic rings. The van der Waals surface area contributed by atoms with E-state index in [9.17, 15) is 13.2 Å². The van der Waals surface area contributed by atoms with Crippen molar-refractivity contribution in [2.75, 3.05) is 7.11 Å². The number of nitrogens with zero attached hydrogens (tertiary/aromatic N) is 1. The number of carbonyl (C=O) groups excluding carboxylic acids is 1. The van der Waals surface area contributed by atoms with E-state index in [4.69, 9.17) is 5.26 Å². The van der Waals surface area contributed by atoms with Crippen molar-refractivity contribution in [1.82, 2.24) is 4.72 Å². The Morgan fingerprint density at radius 3 is 2.52 bits per heavy atom. The van der Waals surface area contributed by atoms with Crippen molar-refractivity contribution >= 4 is 16.0 Å². The number of hydrogen-bond acceptors (Lipinski definition) is 5. The number of nitriles is 1. The van der Waals surface area contributed by atoms with Gasteiger partial charge in [-0.3, -0.25) is 4.79 Å². The van der Waals surface area contributed by atoms with Crippen LogP contribution >= 0.6 is 0 Å². The number of rotatable bonds is 6. The summed E-state index contributed by atoms with van der Waals surface area (Å²) in [5, 5.41) is 8.97. The first-order valence-corrected chi connectivity index (χ1v) is 8.01. The highest BCUT2D eigenvalue weighted by atomic mass is 32.2. The minimum atomic E-state index is -3.77. The molecule has 1 N–H and O–H groups in total. The van der Waals surface area contributed by atoms with Crippen LogP contribution in [-0.2, 0) is 25.3 Å². The van der Waals surface area contributed by atoms with Gasteiger partial charge in [-0.25, -0.2) is 13.1 Å². The predicted molar refractivity (Wildman–Crippen MR) is 77.6 cm³/mol. The second kappa shape index (κ2) is 7.20. The van der Waals surface area contributed by atoms with Crippen LogP contribution in [0.25, 0.3) is 0 Å². The summed E-state index contributed by atoms with van der Waals surface area (Å²) in [7, 11) is -2.56. The third kappa shape index (κ3) is 4.85. The Kier molecular flexibility index (Phi) is 5.88. The summed E-state index contributed by atoms with van der Waals surface area (Å²) in [6, 6.07) is 7.43. The van der Waals surface area contributed by atoms with E-state index >= 15 is 0 Å². The maximum Gasteiger partial charge on any atom is 0.324 e. The summed E-state index contributed by atoms with van der Waals surface area (Å²) in [4.78, 5) is 11.6. The van der Waals surface area contributed by atoms with Crippen LogP contribution in [0.3, 0.4) is 0 Å². The van der Waals surface area contributed by atoms with Crippen molar-refractivity contribution < 1.29 is 17.9 Å². The number of ether oxygens (including phenoxy) is 1. The number of methoxy groups -OCH3 is 1. The topological polar surface area (TPSA) is 96.3 Å². The average Bonchev–Trinajstić information content (AvgIpc) is 2.44. The molecule has 1 unspecified atom stereocenters. The van der Waals surface area contributed by atoms with Crippen LogP contribution in [0.1, 0.15) is 25.0 Å². The zero-order valence-corrected chi connectivity index (χ0v) is 13.0. The van der Waals surface area contributed by atoms with E-state index in [2.05, 4.69) is 9.46 Å². The molecule has 21 heavy (non-hydrogen) atoms. The molecule has 1 rings (SSSR count). The smallest absolute Gasteiger partial charge is 0.324 e. The van der Waals surface area contributed by atoms with Gasteiger partial charge in [0.25, 0.3) is 0 Å². The van der Waals surface area contributed by atoms with E-state index in [-0.39, 0.29) is 11.7 Å². The molecule has 0 amide bonds. The molecule has 0 saturated carbocycles. The molecule has 6 nitrogen and oxygen atoms in total. The van der Waals surface area contributed by atoms with E-state index in [1.807, 2.05) is 6.07 Å². The molecule has 0 heterocycles. The Labute approximate surface area is 124 Å². The third-order valence-corrected chi connectivity index (χ3v) is 4.22. The molecule has 0 aromatic heterocycles. The average molecular weight is 310 g/mol. The summed E-state index contributed by atoms with van der Waals surface area (Å²) in [6.07, 6.45) is 0. The van der Waals surface area contributed by atoms with Crippen molar-refractivity contribution in [2.24, 2.45) is 5.92 Å². The zero-order chi connectivity index (χ0) is 16.0. The quantitative estimate of drug-likeness (QED) is 0.796. The van der Waals surface area contributed by atoms with Gasteiger partial charge in [0.2, 0.25) is 10.0 Å². The summed E-state index contributed by atoms with van der Waals surface area (Å²) in [5.74, 6) is -1.25. The molecule has 0 radical (unpaired) electrons. The lowest BCUT2D eigenvalue weighted by molar-refractivity contribution is -0.143. The van der Waals surface area contributed by atoms with Crippen LogP contribution in [0, 0.1) is 17.2 Å².